The summed E-state index contributed by atoms with van der Waals surface area (Å²) < 4.78 is 7.83. The van der Waals surface area contributed by atoms with Crippen molar-refractivity contribution in [3.63, 3.8) is 0 Å². The summed E-state index contributed by atoms with van der Waals surface area (Å²) in [4.78, 5) is 15.0. The van der Waals surface area contributed by atoms with E-state index in [9.17, 15) is 10.1 Å². The molecule has 1 amide bonds. The molecule has 1 aliphatic heterocycles. The molecule has 4 rings (SSSR count). The summed E-state index contributed by atoms with van der Waals surface area (Å²) in [5, 5.41) is 21.8. The first-order valence-electron chi connectivity index (χ1n) is 11.8. The quantitative estimate of drug-likeness (QED) is 0.359. The van der Waals surface area contributed by atoms with Crippen LogP contribution in [0.3, 0.4) is 0 Å². The van der Waals surface area contributed by atoms with Crippen LogP contribution in [0.1, 0.15) is 36.6 Å². The number of piperidine rings is 1. The van der Waals surface area contributed by atoms with E-state index in [2.05, 4.69) is 41.2 Å². The van der Waals surface area contributed by atoms with Gasteiger partial charge in [0.15, 0.2) is 0 Å². The molecule has 0 atom stereocenters. The van der Waals surface area contributed by atoms with Crippen molar-refractivity contribution >= 4 is 33.6 Å². The molecule has 9 heteroatoms. The van der Waals surface area contributed by atoms with Gasteiger partial charge in [0.2, 0.25) is 10.3 Å². The largest absolute Gasteiger partial charge is 0.492 e. The number of aromatic nitrogens is 3. The van der Waals surface area contributed by atoms with Crippen LogP contribution in [0.4, 0.5) is 10.3 Å². The number of amides is 1. The van der Waals surface area contributed by atoms with Crippen molar-refractivity contribution in [1.82, 2.24) is 14.8 Å². The molecule has 1 aromatic carbocycles. The summed E-state index contributed by atoms with van der Waals surface area (Å²) in [5.41, 5.74) is 3.16. The Morgan fingerprint density at radius 2 is 2.06 bits per heavy atom. The minimum atomic E-state index is -0.499. The lowest BCUT2D eigenvalue weighted by Gasteiger charge is -2.29. The van der Waals surface area contributed by atoms with E-state index in [-0.39, 0.29) is 5.57 Å². The summed E-state index contributed by atoms with van der Waals surface area (Å²) in [6.07, 6.45) is 5.73. The molecule has 8 nitrogen and oxygen atoms in total. The Balaban J connectivity index is 1.36. The fourth-order valence-electron chi connectivity index (χ4n) is 3.88. The van der Waals surface area contributed by atoms with Crippen LogP contribution in [0.25, 0.3) is 6.08 Å². The Hall–Kier alpha value is -3.64. The first kappa shape index (κ1) is 24.5. The van der Waals surface area contributed by atoms with Crippen molar-refractivity contribution in [2.24, 2.45) is 5.92 Å². The van der Waals surface area contributed by atoms with Gasteiger partial charge in [-0.2, -0.15) is 5.26 Å². The maximum absolute atomic E-state index is 12.8. The van der Waals surface area contributed by atoms with Gasteiger partial charge in [0.25, 0.3) is 5.91 Å². The fourth-order valence-corrected chi connectivity index (χ4v) is 4.67. The van der Waals surface area contributed by atoms with Gasteiger partial charge in [0.1, 0.15) is 24.0 Å². The molecule has 0 bridgehead atoms. The standard InChI is InChI=1S/C26H30N6O2S/c1-18-8-11-32(12-9-18)26-30-29-25(35-26)28-24(33)21(17-27)16-22-5-4-10-31(22)13-14-34-23-7-6-19(2)20(3)15-23/h4-7,10,15-16,18H,8-9,11-14H2,1-3H3,(H,28,29,33)/b21-16-. The van der Waals surface area contributed by atoms with E-state index in [0.29, 0.717) is 18.3 Å². The SMILES string of the molecule is Cc1ccc(OCCn2cccc2/C=C(/C#N)C(=O)Nc2nnc(N3CCC(C)CC3)s2)cc1C. The van der Waals surface area contributed by atoms with E-state index < -0.39 is 5.91 Å². The molecule has 0 radical (unpaired) electrons. The van der Waals surface area contributed by atoms with Crippen molar-refractivity contribution in [3.05, 3.63) is 58.9 Å². The number of rotatable bonds is 8. The number of carbonyl (C=O) groups is 1. The second kappa shape index (κ2) is 11.2. The zero-order valence-corrected chi connectivity index (χ0v) is 21.1. The number of hydrogen-bond donors (Lipinski definition) is 1. The minimum Gasteiger partial charge on any atom is -0.492 e. The van der Waals surface area contributed by atoms with E-state index in [4.69, 9.17) is 4.74 Å². The van der Waals surface area contributed by atoms with Crippen LogP contribution in [0.2, 0.25) is 0 Å². The topological polar surface area (TPSA) is 96.1 Å². The molecule has 3 aromatic rings. The lowest BCUT2D eigenvalue weighted by Crippen LogP contribution is -2.32. The second-order valence-electron chi connectivity index (χ2n) is 8.90. The van der Waals surface area contributed by atoms with Gasteiger partial charge >= 0.3 is 0 Å². The molecule has 0 aliphatic carbocycles. The van der Waals surface area contributed by atoms with Crippen molar-refractivity contribution < 1.29 is 9.53 Å². The summed E-state index contributed by atoms with van der Waals surface area (Å²) >= 11 is 1.33. The van der Waals surface area contributed by atoms with Gasteiger partial charge in [-0.1, -0.05) is 24.3 Å². The van der Waals surface area contributed by atoms with Gasteiger partial charge in [-0.15, -0.1) is 10.2 Å². The fraction of sp³-hybridized carbons (Fsp3) is 0.385. The van der Waals surface area contributed by atoms with Crippen molar-refractivity contribution in [3.8, 4) is 11.8 Å². The Bertz CT molecular complexity index is 1250. The third-order valence-corrected chi connectivity index (χ3v) is 7.19. The van der Waals surface area contributed by atoms with E-state index in [1.165, 1.54) is 22.5 Å². The van der Waals surface area contributed by atoms with Gasteiger partial charge in [0, 0.05) is 25.0 Å². The molecule has 3 heterocycles. The normalized spacial score (nSPS) is 14.6. The molecule has 2 aromatic heterocycles. The molecule has 1 fully saturated rings. The number of ether oxygens (including phenoxy) is 1. The van der Waals surface area contributed by atoms with Crippen molar-refractivity contribution in [1.29, 1.82) is 5.26 Å². The third-order valence-electron chi connectivity index (χ3n) is 6.29. The molecule has 0 saturated carbocycles. The van der Waals surface area contributed by atoms with Crippen molar-refractivity contribution in [2.75, 3.05) is 29.9 Å². The van der Waals surface area contributed by atoms with Crippen LogP contribution >= 0.6 is 11.3 Å². The monoisotopic (exact) mass is 490 g/mol. The molecular weight excluding hydrogens is 460 g/mol. The number of nitriles is 1. The summed E-state index contributed by atoms with van der Waals surface area (Å²) in [6.45, 7) is 9.32. The molecule has 1 saturated heterocycles. The first-order chi connectivity index (χ1) is 16.9. The van der Waals surface area contributed by atoms with E-state index in [0.717, 1.165) is 48.4 Å². The average Bonchev–Trinajstić information content (AvgIpc) is 3.49. The second-order valence-corrected chi connectivity index (χ2v) is 9.86. The number of nitrogens with one attached hydrogen (secondary N) is 1. The molecule has 35 heavy (non-hydrogen) atoms. The zero-order chi connectivity index (χ0) is 24.8. The smallest absolute Gasteiger partial charge is 0.268 e. The van der Waals surface area contributed by atoms with Gasteiger partial charge < -0.3 is 14.2 Å². The summed E-state index contributed by atoms with van der Waals surface area (Å²) in [6, 6.07) is 11.8. The van der Waals surface area contributed by atoms with Crippen LogP contribution in [-0.2, 0) is 11.3 Å². The number of aryl methyl sites for hydroxylation is 2. The number of benzene rings is 1. The van der Waals surface area contributed by atoms with Crippen LogP contribution in [-0.4, -0.2) is 40.4 Å². The number of anilines is 2. The highest BCUT2D eigenvalue weighted by Crippen LogP contribution is 2.28. The van der Waals surface area contributed by atoms with Gasteiger partial charge in [-0.05, 0) is 74.1 Å². The Kier molecular flexibility index (Phi) is 7.83. The number of nitrogens with zero attached hydrogens (tertiary/aromatic N) is 5. The molecule has 182 valence electrons. The van der Waals surface area contributed by atoms with Gasteiger partial charge in [-0.25, -0.2) is 0 Å². The Labute approximate surface area is 209 Å². The molecule has 0 unspecified atom stereocenters. The predicted octanol–water partition coefficient (Wildman–Crippen LogP) is 4.82. The Morgan fingerprint density at radius 3 is 2.80 bits per heavy atom. The molecular formula is C26H30N6O2S. The summed E-state index contributed by atoms with van der Waals surface area (Å²) in [7, 11) is 0. The molecule has 1 aliphatic rings. The average molecular weight is 491 g/mol. The zero-order valence-electron chi connectivity index (χ0n) is 20.3. The van der Waals surface area contributed by atoms with Crippen LogP contribution in [0, 0.1) is 31.1 Å². The third kappa shape index (κ3) is 6.28. The van der Waals surface area contributed by atoms with Crippen LogP contribution in [0.5, 0.6) is 5.75 Å². The highest BCUT2D eigenvalue weighted by molar-refractivity contribution is 7.19. The van der Waals surface area contributed by atoms with Crippen molar-refractivity contribution in [2.45, 2.75) is 40.2 Å². The first-order valence-corrected chi connectivity index (χ1v) is 12.6. The van der Waals surface area contributed by atoms with Crippen LogP contribution < -0.4 is 15.0 Å². The minimum absolute atomic E-state index is 0.00331. The van der Waals surface area contributed by atoms with E-state index in [1.54, 1.807) is 6.08 Å². The van der Waals surface area contributed by atoms with Crippen LogP contribution in [0.15, 0.2) is 42.1 Å². The highest BCUT2D eigenvalue weighted by atomic mass is 32.1. The van der Waals surface area contributed by atoms with Gasteiger partial charge in [-0.3, -0.25) is 10.1 Å². The molecule has 0 spiro atoms. The van der Waals surface area contributed by atoms with Gasteiger partial charge in [0.05, 0.1) is 6.54 Å². The lowest BCUT2D eigenvalue weighted by atomic mass is 10.00. The highest BCUT2D eigenvalue weighted by Gasteiger charge is 2.20. The Morgan fingerprint density at radius 1 is 1.26 bits per heavy atom. The number of carbonyl (C=O) groups excluding carboxylic acids is 1. The van der Waals surface area contributed by atoms with E-state index in [1.807, 2.05) is 47.2 Å². The predicted molar refractivity (Wildman–Crippen MR) is 139 cm³/mol. The molecule has 1 N–H and O–H groups in total. The maximum Gasteiger partial charge on any atom is 0.268 e. The summed E-state index contributed by atoms with van der Waals surface area (Å²) in [5.74, 6) is 1.05. The number of hydrogen-bond acceptors (Lipinski definition) is 7. The van der Waals surface area contributed by atoms with E-state index >= 15 is 0 Å². The maximum atomic E-state index is 12.8. The lowest BCUT2D eigenvalue weighted by molar-refractivity contribution is -0.112.